The van der Waals surface area contributed by atoms with Crippen LogP contribution in [0.25, 0.3) is 0 Å². The molecule has 21 heavy (non-hydrogen) atoms. The van der Waals surface area contributed by atoms with Gasteiger partial charge < -0.3 is 10.2 Å². The van der Waals surface area contributed by atoms with E-state index in [4.69, 9.17) is 0 Å². The molecule has 1 saturated carbocycles. The smallest absolute Gasteiger partial charge is 0.321 e. The van der Waals surface area contributed by atoms with Crippen LogP contribution in [-0.4, -0.2) is 67.9 Å². The summed E-state index contributed by atoms with van der Waals surface area (Å²) in [7, 11) is 4.99. The molecule has 0 aliphatic heterocycles. The number of hydrogen-bond acceptors (Lipinski definition) is 4. The summed E-state index contributed by atoms with van der Waals surface area (Å²) >= 11 is 0. The maximum Gasteiger partial charge on any atom is 0.321 e. The first-order valence-corrected chi connectivity index (χ1v) is 7.37. The molecule has 1 fully saturated rings. The van der Waals surface area contributed by atoms with Crippen LogP contribution in [0.1, 0.15) is 32.1 Å². The quantitative estimate of drug-likeness (QED) is 0.758. The number of carbonyl (C=O) groups is 3. The van der Waals surface area contributed by atoms with Gasteiger partial charge in [0.2, 0.25) is 11.8 Å². The first kappa shape index (κ1) is 17.4. The van der Waals surface area contributed by atoms with E-state index in [9.17, 15) is 14.4 Å². The van der Waals surface area contributed by atoms with Crippen LogP contribution in [-0.2, 0) is 9.59 Å². The predicted octanol–water partition coefficient (Wildman–Crippen LogP) is 0.165. The van der Waals surface area contributed by atoms with Crippen molar-refractivity contribution in [2.45, 2.75) is 38.1 Å². The molecule has 1 aliphatic carbocycles. The molecule has 7 nitrogen and oxygen atoms in total. The summed E-state index contributed by atoms with van der Waals surface area (Å²) < 4.78 is 0. The van der Waals surface area contributed by atoms with Crippen molar-refractivity contribution in [2.24, 2.45) is 0 Å². The molecule has 0 aromatic carbocycles. The average molecular weight is 298 g/mol. The zero-order valence-corrected chi connectivity index (χ0v) is 13.1. The van der Waals surface area contributed by atoms with Crippen LogP contribution in [0.3, 0.4) is 0 Å². The minimum absolute atomic E-state index is 0.0116. The van der Waals surface area contributed by atoms with Gasteiger partial charge in [-0.25, -0.2) is 4.79 Å². The molecular weight excluding hydrogens is 272 g/mol. The number of amides is 4. The highest BCUT2D eigenvalue weighted by Gasteiger charge is 2.18. The topological polar surface area (TPSA) is 81.8 Å². The third-order valence-corrected chi connectivity index (χ3v) is 3.51. The lowest BCUT2D eigenvalue weighted by molar-refractivity contribution is -0.130. The highest BCUT2D eigenvalue weighted by molar-refractivity contribution is 5.95. The van der Waals surface area contributed by atoms with Crippen LogP contribution >= 0.6 is 0 Å². The number of carbonyl (C=O) groups excluding carboxylic acids is 3. The third-order valence-electron chi connectivity index (χ3n) is 3.51. The summed E-state index contributed by atoms with van der Waals surface area (Å²) in [6, 6.07) is -0.279. The van der Waals surface area contributed by atoms with E-state index in [0.29, 0.717) is 0 Å². The molecule has 1 aliphatic rings. The molecule has 1 rings (SSSR count). The molecule has 0 atom stereocenters. The molecule has 0 unspecified atom stereocenters. The molecule has 120 valence electrons. The molecule has 0 aromatic rings. The van der Waals surface area contributed by atoms with Gasteiger partial charge >= 0.3 is 6.03 Å². The Morgan fingerprint density at radius 2 is 1.62 bits per heavy atom. The fraction of sp³-hybridized carbons (Fsp3) is 0.786. The standard InChI is InChI=1S/C14H26N4O3/c1-17(2)13(20)10-18(3)9-12(19)16-14(21)15-11-7-5-4-6-8-11/h11H,4-10H2,1-3H3,(H2,15,16,19,21). The van der Waals surface area contributed by atoms with Crippen LogP contribution in [0.5, 0.6) is 0 Å². The van der Waals surface area contributed by atoms with Crippen molar-refractivity contribution >= 4 is 17.8 Å². The number of likely N-dealkylation sites (N-methyl/N-ethyl adjacent to an activating group) is 2. The molecule has 0 spiro atoms. The van der Waals surface area contributed by atoms with E-state index in [1.165, 1.54) is 11.3 Å². The highest BCUT2D eigenvalue weighted by Crippen LogP contribution is 2.17. The molecule has 0 radical (unpaired) electrons. The largest absolute Gasteiger partial charge is 0.348 e. The Labute approximate surface area is 126 Å². The summed E-state index contributed by atoms with van der Waals surface area (Å²) in [5.74, 6) is -0.491. The Bertz CT molecular complexity index is 378. The number of hydrogen-bond donors (Lipinski definition) is 2. The van der Waals surface area contributed by atoms with E-state index in [0.717, 1.165) is 25.7 Å². The van der Waals surface area contributed by atoms with Crippen LogP contribution in [0.15, 0.2) is 0 Å². The molecule has 0 bridgehead atoms. The Morgan fingerprint density at radius 1 is 1.00 bits per heavy atom. The summed E-state index contributed by atoms with van der Waals surface area (Å²) in [4.78, 5) is 37.9. The van der Waals surface area contributed by atoms with Gasteiger partial charge in [-0.2, -0.15) is 0 Å². The van der Waals surface area contributed by atoms with Crippen LogP contribution in [0.4, 0.5) is 4.79 Å². The molecule has 2 N–H and O–H groups in total. The maximum absolute atomic E-state index is 11.7. The van der Waals surface area contributed by atoms with Gasteiger partial charge in [-0.15, -0.1) is 0 Å². The van der Waals surface area contributed by atoms with E-state index in [-0.39, 0.29) is 25.0 Å². The molecule has 0 heterocycles. The van der Waals surface area contributed by atoms with E-state index < -0.39 is 11.9 Å². The Morgan fingerprint density at radius 3 is 2.19 bits per heavy atom. The Kier molecular flexibility index (Phi) is 7.14. The fourth-order valence-corrected chi connectivity index (χ4v) is 2.31. The van der Waals surface area contributed by atoms with Crippen molar-refractivity contribution in [1.29, 1.82) is 0 Å². The summed E-state index contributed by atoms with van der Waals surface area (Å²) in [5.41, 5.74) is 0. The van der Waals surface area contributed by atoms with Crippen molar-refractivity contribution in [3.8, 4) is 0 Å². The molecule has 0 aromatic heterocycles. The van der Waals surface area contributed by atoms with Crippen molar-refractivity contribution < 1.29 is 14.4 Å². The van der Waals surface area contributed by atoms with Crippen LogP contribution in [0.2, 0.25) is 0 Å². The first-order valence-electron chi connectivity index (χ1n) is 7.37. The van der Waals surface area contributed by atoms with Gasteiger partial charge in [-0.3, -0.25) is 19.8 Å². The normalized spacial score (nSPS) is 15.6. The van der Waals surface area contributed by atoms with Gasteiger partial charge in [0.05, 0.1) is 13.1 Å². The fourth-order valence-electron chi connectivity index (χ4n) is 2.31. The van der Waals surface area contributed by atoms with Gasteiger partial charge in [0, 0.05) is 20.1 Å². The van der Waals surface area contributed by atoms with E-state index in [2.05, 4.69) is 10.6 Å². The highest BCUT2D eigenvalue weighted by atomic mass is 16.2. The van der Waals surface area contributed by atoms with Crippen molar-refractivity contribution in [2.75, 3.05) is 34.2 Å². The first-order chi connectivity index (χ1) is 9.88. The van der Waals surface area contributed by atoms with E-state index in [1.54, 1.807) is 26.0 Å². The number of nitrogens with one attached hydrogen (secondary N) is 2. The second-order valence-electron chi connectivity index (χ2n) is 5.82. The SMILES string of the molecule is CN(CC(=O)NC(=O)NC1CCCCC1)CC(=O)N(C)C. The van der Waals surface area contributed by atoms with Gasteiger partial charge in [-0.1, -0.05) is 19.3 Å². The van der Waals surface area contributed by atoms with Gasteiger partial charge in [0.15, 0.2) is 0 Å². The lowest BCUT2D eigenvalue weighted by atomic mass is 9.96. The third kappa shape index (κ3) is 7.08. The minimum Gasteiger partial charge on any atom is -0.348 e. The van der Waals surface area contributed by atoms with E-state index in [1.807, 2.05) is 0 Å². The lowest BCUT2D eigenvalue weighted by Gasteiger charge is -2.23. The number of urea groups is 1. The Balaban J connectivity index is 2.25. The molecule has 7 heteroatoms. The van der Waals surface area contributed by atoms with Gasteiger partial charge in [0.25, 0.3) is 0 Å². The number of rotatable bonds is 5. The maximum atomic E-state index is 11.7. The predicted molar refractivity (Wildman–Crippen MR) is 79.7 cm³/mol. The zero-order chi connectivity index (χ0) is 15.8. The molecular formula is C14H26N4O3. The second-order valence-corrected chi connectivity index (χ2v) is 5.82. The van der Waals surface area contributed by atoms with E-state index >= 15 is 0 Å². The van der Waals surface area contributed by atoms with Crippen molar-refractivity contribution in [3.63, 3.8) is 0 Å². The molecule has 0 saturated heterocycles. The van der Waals surface area contributed by atoms with Crippen molar-refractivity contribution in [1.82, 2.24) is 20.4 Å². The minimum atomic E-state index is -0.445. The Hall–Kier alpha value is -1.63. The molecule has 4 amide bonds. The van der Waals surface area contributed by atoms with Crippen LogP contribution < -0.4 is 10.6 Å². The average Bonchev–Trinajstić information content (AvgIpc) is 2.38. The summed E-state index contributed by atoms with van der Waals surface area (Å²) in [5, 5.41) is 5.12. The lowest BCUT2D eigenvalue weighted by Crippen LogP contribution is -2.48. The van der Waals surface area contributed by atoms with Crippen LogP contribution in [0, 0.1) is 0 Å². The number of imide groups is 1. The summed E-state index contributed by atoms with van der Waals surface area (Å²) in [6.45, 7) is 0.155. The summed E-state index contributed by atoms with van der Waals surface area (Å²) in [6.07, 6.45) is 5.39. The monoisotopic (exact) mass is 298 g/mol. The van der Waals surface area contributed by atoms with Gasteiger partial charge in [0.1, 0.15) is 0 Å². The van der Waals surface area contributed by atoms with Crippen molar-refractivity contribution in [3.05, 3.63) is 0 Å². The zero-order valence-electron chi connectivity index (χ0n) is 13.1. The number of nitrogens with zero attached hydrogens (tertiary/aromatic N) is 2. The van der Waals surface area contributed by atoms with Gasteiger partial charge in [-0.05, 0) is 19.9 Å². The second kappa shape index (κ2) is 8.61.